The molecule has 20 heavy (non-hydrogen) atoms. The molecule has 0 aliphatic carbocycles. The number of benzene rings is 2. The van der Waals surface area contributed by atoms with E-state index in [0.717, 1.165) is 22.2 Å². The highest BCUT2D eigenvalue weighted by atomic mass is 35.5. The molecule has 0 fully saturated rings. The Morgan fingerprint density at radius 1 is 1.00 bits per heavy atom. The van der Waals surface area contributed by atoms with Crippen LogP contribution in [0.2, 0.25) is 5.02 Å². The highest BCUT2D eigenvalue weighted by Gasteiger charge is 2.10. The molecule has 0 aliphatic rings. The van der Waals surface area contributed by atoms with Crippen LogP contribution >= 0.6 is 11.6 Å². The van der Waals surface area contributed by atoms with Gasteiger partial charge in [0, 0.05) is 28.4 Å². The minimum Gasteiger partial charge on any atom is -0.284 e. The van der Waals surface area contributed by atoms with Crippen molar-refractivity contribution in [1.29, 1.82) is 0 Å². The Hall–Kier alpha value is -2.39. The lowest BCUT2D eigenvalue weighted by Gasteiger charge is -2.08. The third-order valence-corrected chi connectivity index (χ3v) is 3.59. The van der Waals surface area contributed by atoms with Gasteiger partial charge in [-0.1, -0.05) is 41.9 Å². The summed E-state index contributed by atoms with van der Waals surface area (Å²) in [4.78, 5) is 8.96. The molecule has 0 N–H and O–H groups in total. The van der Waals surface area contributed by atoms with E-state index in [-0.39, 0.29) is 0 Å². The predicted octanol–water partition coefficient (Wildman–Crippen LogP) is 4.20. The molecule has 4 rings (SSSR count). The molecule has 4 aromatic rings. The third-order valence-electron chi connectivity index (χ3n) is 3.35. The van der Waals surface area contributed by atoms with Gasteiger partial charge in [-0.25, -0.2) is 9.97 Å². The molecule has 0 bridgehead atoms. The summed E-state index contributed by atoms with van der Waals surface area (Å²) in [6, 6.07) is 15.9. The summed E-state index contributed by atoms with van der Waals surface area (Å²) in [5.41, 5.74) is 3.02. The number of rotatable bonds is 1. The van der Waals surface area contributed by atoms with Crippen molar-refractivity contribution in [2.24, 2.45) is 0 Å². The second-order valence-electron chi connectivity index (χ2n) is 4.59. The summed E-state index contributed by atoms with van der Waals surface area (Å²) < 4.78 is 1.97. The van der Waals surface area contributed by atoms with Crippen LogP contribution < -0.4 is 0 Å². The van der Waals surface area contributed by atoms with Crippen molar-refractivity contribution in [2.75, 3.05) is 0 Å². The Labute approximate surface area is 120 Å². The average molecular weight is 280 g/mol. The van der Waals surface area contributed by atoms with Crippen LogP contribution in [-0.2, 0) is 0 Å². The van der Waals surface area contributed by atoms with Crippen LogP contribution in [0.25, 0.3) is 27.9 Å². The summed E-state index contributed by atoms with van der Waals surface area (Å²) in [5.74, 6) is 0.693. The topological polar surface area (TPSA) is 30.2 Å². The maximum Gasteiger partial charge on any atom is 0.234 e. The molecule has 0 spiro atoms. The zero-order chi connectivity index (χ0) is 13.5. The van der Waals surface area contributed by atoms with Gasteiger partial charge in [-0.05, 0) is 18.2 Å². The van der Waals surface area contributed by atoms with Crippen molar-refractivity contribution in [3.8, 4) is 11.3 Å². The summed E-state index contributed by atoms with van der Waals surface area (Å²) >= 11 is 6.15. The zero-order valence-corrected chi connectivity index (χ0v) is 11.2. The minimum absolute atomic E-state index is 0.693. The van der Waals surface area contributed by atoms with E-state index in [0.29, 0.717) is 10.8 Å². The standard InChI is InChI=1S/C16H10ClN3/c17-12-6-7-14-13(10-12)15(11-4-2-1-3-5-11)19-16-18-8-9-20(14)16/h1-10H. The Morgan fingerprint density at radius 2 is 1.85 bits per heavy atom. The van der Waals surface area contributed by atoms with E-state index >= 15 is 0 Å². The number of fused-ring (bicyclic) bond motifs is 3. The Kier molecular flexibility index (Phi) is 2.47. The van der Waals surface area contributed by atoms with E-state index in [9.17, 15) is 0 Å². The van der Waals surface area contributed by atoms with Gasteiger partial charge in [0.2, 0.25) is 5.78 Å². The van der Waals surface area contributed by atoms with E-state index in [4.69, 9.17) is 11.6 Å². The molecule has 4 heteroatoms. The fourth-order valence-electron chi connectivity index (χ4n) is 2.45. The van der Waals surface area contributed by atoms with E-state index < -0.39 is 0 Å². The number of aromatic nitrogens is 3. The van der Waals surface area contributed by atoms with Crippen LogP contribution in [0.5, 0.6) is 0 Å². The first-order valence-electron chi connectivity index (χ1n) is 6.31. The van der Waals surface area contributed by atoms with Crippen LogP contribution in [0, 0.1) is 0 Å². The zero-order valence-electron chi connectivity index (χ0n) is 10.5. The molecule has 3 nitrogen and oxygen atoms in total. The monoisotopic (exact) mass is 279 g/mol. The summed E-state index contributed by atoms with van der Waals surface area (Å²) in [6.07, 6.45) is 3.67. The van der Waals surface area contributed by atoms with Crippen molar-refractivity contribution in [2.45, 2.75) is 0 Å². The number of imidazole rings is 1. The van der Waals surface area contributed by atoms with Crippen molar-refractivity contribution in [1.82, 2.24) is 14.4 Å². The number of halogens is 1. The number of hydrogen-bond acceptors (Lipinski definition) is 2. The minimum atomic E-state index is 0.693. The van der Waals surface area contributed by atoms with Crippen molar-refractivity contribution in [3.05, 3.63) is 65.9 Å². The van der Waals surface area contributed by atoms with Gasteiger partial charge in [0.05, 0.1) is 11.2 Å². The second kappa shape index (κ2) is 4.32. The third kappa shape index (κ3) is 1.67. The molecule has 0 atom stereocenters. The molecule has 0 aliphatic heterocycles. The molecule has 2 aromatic carbocycles. The Bertz CT molecular complexity index is 913. The highest BCUT2D eigenvalue weighted by Crippen LogP contribution is 2.29. The van der Waals surface area contributed by atoms with E-state index in [1.165, 1.54) is 0 Å². The number of nitrogens with zero attached hydrogens (tertiary/aromatic N) is 3. The second-order valence-corrected chi connectivity index (χ2v) is 5.02. The maximum absolute atomic E-state index is 6.15. The molecule has 2 aromatic heterocycles. The van der Waals surface area contributed by atoms with Gasteiger partial charge in [0.25, 0.3) is 0 Å². The molecular weight excluding hydrogens is 270 g/mol. The SMILES string of the molecule is Clc1ccc2c(c1)c(-c1ccccc1)nc1nccn12. The first-order chi connectivity index (χ1) is 9.83. The average Bonchev–Trinajstić information content (AvgIpc) is 2.95. The van der Waals surface area contributed by atoms with E-state index in [1.54, 1.807) is 6.20 Å². The Balaban J connectivity index is 2.19. The quantitative estimate of drug-likeness (QED) is 0.523. The normalized spacial score (nSPS) is 11.2. The van der Waals surface area contributed by atoms with Crippen LogP contribution in [0.1, 0.15) is 0 Å². The van der Waals surface area contributed by atoms with Gasteiger partial charge in [-0.2, -0.15) is 0 Å². The molecule has 0 unspecified atom stereocenters. The lowest BCUT2D eigenvalue weighted by molar-refractivity contribution is 1.17. The van der Waals surface area contributed by atoms with Crippen LogP contribution in [0.15, 0.2) is 60.9 Å². The van der Waals surface area contributed by atoms with Crippen molar-refractivity contribution in [3.63, 3.8) is 0 Å². The largest absolute Gasteiger partial charge is 0.284 e. The molecule has 0 amide bonds. The molecular formula is C16H10ClN3. The summed E-state index contributed by atoms with van der Waals surface area (Å²) in [7, 11) is 0. The smallest absolute Gasteiger partial charge is 0.234 e. The van der Waals surface area contributed by atoms with Gasteiger partial charge in [0.15, 0.2) is 0 Å². The maximum atomic E-state index is 6.15. The van der Waals surface area contributed by atoms with Gasteiger partial charge in [0.1, 0.15) is 0 Å². The van der Waals surface area contributed by atoms with Crippen LogP contribution in [-0.4, -0.2) is 14.4 Å². The van der Waals surface area contributed by atoms with Gasteiger partial charge in [-0.15, -0.1) is 0 Å². The highest BCUT2D eigenvalue weighted by molar-refractivity contribution is 6.31. The Morgan fingerprint density at radius 3 is 2.70 bits per heavy atom. The first-order valence-corrected chi connectivity index (χ1v) is 6.68. The molecule has 96 valence electrons. The fourth-order valence-corrected chi connectivity index (χ4v) is 2.62. The molecule has 0 saturated carbocycles. The summed E-state index contributed by atoms with van der Waals surface area (Å²) in [6.45, 7) is 0. The van der Waals surface area contributed by atoms with Crippen molar-refractivity contribution >= 4 is 28.3 Å². The van der Waals surface area contributed by atoms with Gasteiger partial charge < -0.3 is 0 Å². The van der Waals surface area contributed by atoms with Crippen molar-refractivity contribution < 1.29 is 0 Å². The van der Waals surface area contributed by atoms with Gasteiger partial charge in [-0.3, -0.25) is 4.40 Å². The molecule has 0 saturated heterocycles. The molecule has 0 radical (unpaired) electrons. The predicted molar refractivity (Wildman–Crippen MR) is 80.9 cm³/mol. The first kappa shape index (κ1) is 11.4. The lowest BCUT2D eigenvalue weighted by Crippen LogP contribution is -1.95. The number of hydrogen-bond donors (Lipinski definition) is 0. The fraction of sp³-hybridized carbons (Fsp3) is 0. The summed E-state index contributed by atoms with van der Waals surface area (Å²) in [5, 5.41) is 1.73. The van der Waals surface area contributed by atoms with E-state index in [2.05, 4.69) is 9.97 Å². The van der Waals surface area contributed by atoms with E-state index in [1.807, 2.05) is 59.1 Å². The van der Waals surface area contributed by atoms with Gasteiger partial charge >= 0.3 is 0 Å². The lowest BCUT2D eigenvalue weighted by atomic mass is 10.1. The molecule has 2 heterocycles. The van der Waals surface area contributed by atoms with Crippen LogP contribution in [0.4, 0.5) is 0 Å². The van der Waals surface area contributed by atoms with Crippen LogP contribution in [0.3, 0.4) is 0 Å².